The Bertz CT molecular complexity index is 486. The van der Waals surface area contributed by atoms with Crippen molar-refractivity contribution < 1.29 is 5.11 Å². The SMILES string of the molecule is CCC[C@@H](C)[C@H]1CCC2[C@@H]3CCC4C[C@H](O)CC[C@]4(C)C3CC[C@@]21C. The second kappa shape index (κ2) is 6.54. The molecule has 0 spiro atoms. The molecular formula is C24H42O. The van der Waals surface area contributed by atoms with Crippen LogP contribution in [0.2, 0.25) is 0 Å². The van der Waals surface area contributed by atoms with Gasteiger partial charge in [0, 0.05) is 0 Å². The lowest BCUT2D eigenvalue weighted by molar-refractivity contribution is -0.129. The second-order valence-electron chi connectivity index (χ2n) is 11.1. The fourth-order valence-electron chi connectivity index (χ4n) is 8.87. The molecule has 0 aliphatic heterocycles. The van der Waals surface area contributed by atoms with E-state index in [1.54, 1.807) is 0 Å². The Labute approximate surface area is 156 Å². The number of hydrogen-bond donors (Lipinski definition) is 1. The Balaban J connectivity index is 1.56. The molecule has 0 amide bonds. The molecule has 4 aliphatic carbocycles. The molecule has 1 heteroatoms. The van der Waals surface area contributed by atoms with E-state index in [9.17, 15) is 5.11 Å². The summed E-state index contributed by atoms with van der Waals surface area (Å²) in [6.07, 6.45) is 15.1. The summed E-state index contributed by atoms with van der Waals surface area (Å²) in [5.74, 6) is 5.66. The molecule has 4 aliphatic rings. The van der Waals surface area contributed by atoms with Gasteiger partial charge < -0.3 is 5.11 Å². The normalized spacial score (nSPS) is 53.6. The van der Waals surface area contributed by atoms with Crippen molar-refractivity contribution in [1.29, 1.82) is 0 Å². The highest BCUT2D eigenvalue weighted by atomic mass is 16.3. The number of hydrogen-bond acceptors (Lipinski definition) is 1. The van der Waals surface area contributed by atoms with Crippen LogP contribution in [0.3, 0.4) is 0 Å². The van der Waals surface area contributed by atoms with Gasteiger partial charge in [-0.25, -0.2) is 0 Å². The Hall–Kier alpha value is -0.0400. The van der Waals surface area contributed by atoms with E-state index < -0.39 is 0 Å². The summed E-state index contributed by atoms with van der Waals surface area (Å²) in [6.45, 7) is 10.2. The van der Waals surface area contributed by atoms with Gasteiger partial charge in [-0.15, -0.1) is 0 Å². The fraction of sp³-hybridized carbons (Fsp3) is 1.00. The van der Waals surface area contributed by atoms with Crippen molar-refractivity contribution in [1.82, 2.24) is 0 Å². The smallest absolute Gasteiger partial charge is 0.0543 e. The first-order valence-electron chi connectivity index (χ1n) is 11.6. The highest BCUT2D eigenvalue weighted by Crippen LogP contribution is 2.68. The molecule has 0 bridgehead atoms. The average molecular weight is 347 g/mol. The van der Waals surface area contributed by atoms with Crippen LogP contribution in [0.5, 0.6) is 0 Å². The largest absolute Gasteiger partial charge is 0.393 e. The Morgan fingerprint density at radius 1 is 0.920 bits per heavy atom. The molecule has 0 heterocycles. The molecule has 0 aromatic heterocycles. The standard InChI is InChI=1S/C24H42O/c1-5-6-16(2)20-9-10-21-19-8-7-17-15-18(25)11-13-23(17,3)22(19)12-14-24(20,21)4/h16-22,25H,5-15H2,1-4H3/t16-,17?,18-,19+,20-,21?,22?,23+,24-/m1/s1. The molecule has 4 saturated carbocycles. The van der Waals surface area contributed by atoms with Crippen LogP contribution in [0.4, 0.5) is 0 Å². The zero-order valence-corrected chi connectivity index (χ0v) is 17.3. The van der Waals surface area contributed by atoms with Crippen LogP contribution >= 0.6 is 0 Å². The van der Waals surface area contributed by atoms with Crippen molar-refractivity contribution in [3.8, 4) is 0 Å². The van der Waals surface area contributed by atoms with Gasteiger partial charge in [-0.2, -0.15) is 0 Å². The molecule has 0 radical (unpaired) electrons. The van der Waals surface area contributed by atoms with Crippen molar-refractivity contribution in [3.05, 3.63) is 0 Å². The first kappa shape index (κ1) is 18.3. The van der Waals surface area contributed by atoms with Crippen LogP contribution in [-0.4, -0.2) is 11.2 Å². The van der Waals surface area contributed by atoms with E-state index in [-0.39, 0.29) is 6.10 Å². The number of aliphatic hydroxyl groups is 1. The van der Waals surface area contributed by atoms with E-state index >= 15 is 0 Å². The molecule has 0 aromatic carbocycles. The van der Waals surface area contributed by atoms with Gasteiger partial charge in [-0.3, -0.25) is 0 Å². The van der Waals surface area contributed by atoms with E-state index in [2.05, 4.69) is 27.7 Å². The molecule has 1 nitrogen and oxygen atoms in total. The first-order chi connectivity index (χ1) is 11.9. The zero-order chi connectivity index (χ0) is 17.8. The van der Waals surface area contributed by atoms with Crippen molar-refractivity contribution in [2.24, 2.45) is 46.3 Å². The van der Waals surface area contributed by atoms with Crippen molar-refractivity contribution >= 4 is 0 Å². The molecular weight excluding hydrogens is 304 g/mol. The molecule has 144 valence electrons. The molecule has 9 atom stereocenters. The van der Waals surface area contributed by atoms with Crippen LogP contribution in [0, 0.1) is 46.3 Å². The summed E-state index contributed by atoms with van der Waals surface area (Å²) in [5, 5.41) is 10.2. The predicted octanol–water partition coefficient (Wildman–Crippen LogP) is 6.44. The minimum Gasteiger partial charge on any atom is -0.393 e. The topological polar surface area (TPSA) is 20.2 Å². The van der Waals surface area contributed by atoms with Gasteiger partial charge in [0.25, 0.3) is 0 Å². The van der Waals surface area contributed by atoms with Gasteiger partial charge in [-0.1, -0.05) is 40.5 Å². The van der Waals surface area contributed by atoms with Gasteiger partial charge in [0.15, 0.2) is 0 Å². The van der Waals surface area contributed by atoms with Gasteiger partial charge in [-0.05, 0) is 104 Å². The molecule has 0 saturated heterocycles. The van der Waals surface area contributed by atoms with Gasteiger partial charge in [0.05, 0.1) is 6.10 Å². The summed E-state index contributed by atoms with van der Waals surface area (Å²) in [6, 6.07) is 0. The van der Waals surface area contributed by atoms with E-state index in [0.29, 0.717) is 10.8 Å². The maximum Gasteiger partial charge on any atom is 0.0543 e. The summed E-state index contributed by atoms with van der Waals surface area (Å²) < 4.78 is 0. The summed E-state index contributed by atoms with van der Waals surface area (Å²) in [4.78, 5) is 0. The maximum absolute atomic E-state index is 10.2. The predicted molar refractivity (Wildman–Crippen MR) is 105 cm³/mol. The van der Waals surface area contributed by atoms with E-state index in [1.165, 1.54) is 57.8 Å². The lowest BCUT2D eigenvalue weighted by atomic mass is 9.44. The fourth-order valence-corrected chi connectivity index (χ4v) is 8.87. The van der Waals surface area contributed by atoms with Gasteiger partial charge in [0.1, 0.15) is 0 Å². The maximum atomic E-state index is 10.2. The minimum absolute atomic E-state index is 0.00534. The molecule has 3 unspecified atom stereocenters. The lowest BCUT2D eigenvalue weighted by Gasteiger charge is -2.61. The second-order valence-corrected chi connectivity index (χ2v) is 11.1. The average Bonchev–Trinajstić information content (AvgIpc) is 2.93. The third kappa shape index (κ3) is 2.74. The Morgan fingerprint density at radius 3 is 2.40 bits per heavy atom. The first-order valence-corrected chi connectivity index (χ1v) is 11.6. The molecule has 4 rings (SSSR count). The zero-order valence-electron chi connectivity index (χ0n) is 17.3. The minimum atomic E-state index is -0.00534. The van der Waals surface area contributed by atoms with Crippen molar-refractivity contribution in [2.45, 2.75) is 104 Å². The quantitative estimate of drug-likeness (QED) is 0.623. The van der Waals surface area contributed by atoms with E-state index in [1.807, 2.05) is 0 Å². The van der Waals surface area contributed by atoms with Gasteiger partial charge >= 0.3 is 0 Å². The molecule has 4 fully saturated rings. The number of aliphatic hydroxyl groups excluding tert-OH is 1. The van der Waals surface area contributed by atoms with E-state index in [4.69, 9.17) is 0 Å². The summed E-state index contributed by atoms with van der Waals surface area (Å²) >= 11 is 0. The highest BCUT2D eigenvalue weighted by molar-refractivity contribution is 5.09. The third-order valence-electron chi connectivity index (χ3n) is 10.1. The van der Waals surface area contributed by atoms with Crippen molar-refractivity contribution in [2.75, 3.05) is 0 Å². The van der Waals surface area contributed by atoms with Crippen LogP contribution in [0.25, 0.3) is 0 Å². The number of rotatable bonds is 3. The summed E-state index contributed by atoms with van der Waals surface area (Å²) in [7, 11) is 0. The third-order valence-corrected chi connectivity index (χ3v) is 10.1. The van der Waals surface area contributed by atoms with Crippen LogP contribution < -0.4 is 0 Å². The summed E-state index contributed by atoms with van der Waals surface area (Å²) in [5.41, 5.74) is 1.17. The van der Waals surface area contributed by atoms with Crippen LogP contribution in [0.15, 0.2) is 0 Å². The highest BCUT2D eigenvalue weighted by Gasteiger charge is 2.60. The Kier molecular flexibility index (Phi) is 4.79. The van der Waals surface area contributed by atoms with Crippen LogP contribution in [0.1, 0.15) is 98.3 Å². The molecule has 1 N–H and O–H groups in total. The van der Waals surface area contributed by atoms with Gasteiger partial charge in [0.2, 0.25) is 0 Å². The number of fused-ring (bicyclic) bond motifs is 5. The van der Waals surface area contributed by atoms with Crippen LogP contribution in [-0.2, 0) is 0 Å². The monoisotopic (exact) mass is 346 g/mol. The molecule has 25 heavy (non-hydrogen) atoms. The van der Waals surface area contributed by atoms with E-state index in [0.717, 1.165) is 48.3 Å². The van der Waals surface area contributed by atoms with Crippen molar-refractivity contribution in [3.63, 3.8) is 0 Å². The molecule has 0 aromatic rings. The Morgan fingerprint density at radius 2 is 1.64 bits per heavy atom. The lowest BCUT2D eigenvalue weighted by Crippen LogP contribution is -2.54.